The molecule has 30 heavy (non-hydrogen) atoms. The Balaban J connectivity index is 1.67. The molecule has 1 aliphatic rings. The summed E-state index contributed by atoms with van der Waals surface area (Å²) in [6.45, 7) is 2.42. The molecule has 0 N–H and O–H groups in total. The predicted octanol–water partition coefficient (Wildman–Crippen LogP) is 4.16. The van der Waals surface area contributed by atoms with Gasteiger partial charge < -0.3 is 4.74 Å². The van der Waals surface area contributed by atoms with Crippen LogP contribution in [0.5, 0.6) is 0 Å². The second-order valence-electron chi connectivity index (χ2n) is 7.79. The number of aryl methyl sites for hydroxylation is 1. The highest BCUT2D eigenvalue weighted by molar-refractivity contribution is 5.97. The highest BCUT2D eigenvalue weighted by atomic mass is 16.5. The topological polar surface area (TPSA) is 69.4 Å². The highest BCUT2D eigenvalue weighted by Gasteiger charge is 2.31. The van der Waals surface area contributed by atoms with Crippen LogP contribution in [0.3, 0.4) is 0 Å². The third-order valence-electron chi connectivity index (χ3n) is 5.74. The zero-order chi connectivity index (χ0) is 20.7. The molecule has 0 radical (unpaired) electrons. The Hall–Kier alpha value is -3.38. The minimum atomic E-state index is 0.0151. The molecule has 0 aliphatic heterocycles. The van der Waals surface area contributed by atoms with Crippen molar-refractivity contribution < 1.29 is 9.53 Å². The van der Waals surface area contributed by atoms with E-state index in [1.807, 2.05) is 30.3 Å². The number of methoxy groups -OCH3 is 1. The van der Waals surface area contributed by atoms with E-state index >= 15 is 0 Å². The first-order valence-corrected chi connectivity index (χ1v) is 10.1. The van der Waals surface area contributed by atoms with E-state index in [-0.39, 0.29) is 11.7 Å². The normalized spacial score (nSPS) is 16.1. The molecule has 150 valence electrons. The molecular formula is C24H22N4O2. The van der Waals surface area contributed by atoms with Crippen LogP contribution in [-0.2, 0) is 17.8 Å². The summed E-state index contributed by atoms with van der Waals surface area (Å²) in [7, 11) is 1.65. The van der Waals surface area contributed by atoms with Gasteiger partial charge in [0.2, 0.25) is 0 Å². The minimum absolute atomic E-state index is 0.0151. The van der Waals surface area contributed by atoms with E-state index in [0.29, 0.717) is 30.8 Å². The Bertz CT molecular complexity index is 1230. The number of carbonyl (C=O) groups excluding carboxylic acids is 1. The zero-order valence-corrected chi connectivity index (χ0v) is 17.0. The van der Waals surface area contributed by atoms with Crippen molar-refractivity contribution in [3.05, 3.63) is 82.8 Å². The number of aromatic nitrogens is 4. The van der Waals surface area contributed by atoms with E-state index in [2.05, 4.69) is 41.4 Å². The van der Waals surface area contributed by atoms with Gasteiger partial charge in [-0.05, 0) is 30.4 Å². The summed E-state index contributed by atoms with van der Waals surface area (Å²) in [6, 6.07) is 18.4. The molecule has 0 unspecified atom stereocenters. The predicted molar refractivity (Wildman–Crippen MR) is 114 cm³/mol. The lowest BCUT2D eigenvalue weighted by atomic mass is 9.83. The maximum absolute atomic E-state index is 12.9. The number of hydrogen-bond acceptors (Lipinski definition) is 5. The molecule has 6 nitrogen and oxygen atoms in total. The molecule has 6 heteroatoms. The maximum atomic E-state index is 12.9. The lowest BCUT2D eigenvalue weighted by molar-refractivity contribution is 0.0955. The quantitative estimate of drug-likeness (QED) is 0.516. The van der Waals surface area contributed by atoms with Gasteiger partial charge >= 0.3 is 0 Å². The summed E-state index contributed by atoms with van der Waals surface area (Å²) in [5.41, 5.74) is 6.97. The fourth-order valence-corrected chi connectivity index (χ4v) is 4.23. The number of rotatable bonds is 4. The SMILES string of the molecule is COCc1nn2c3c(nnc2c1-c1ccccc1)C(=O)C[C@@H](c1ccc(C)cc1)C3. The number of nitrogens with zero attached hydrogens (tertiary/aromatic N) is 4. The van der Waals surface area contributed by atoms with Gasteiger partial charge in [0.15, 0.2) is 17.1 Å². The minimum Gasteiger partial charge on any atom is -0.378 e. The number of Topliss-reactive ketones (excluding diaryl/α,β-unsaturated/α-hetero) is 1. The molecule has 2 aromatic heterocycles. The van der Waals surface area contributed by atoms with Crippen LogP contribution in [0, 0.1) is 6.92 Å². The van der Waals surface area contributed by atoms with Crippen molar-refractivity contribution >= 4 is 11.4 Å². The number of ether oxygens (including phenoxy) is 1. The average molecular weight is 398 g/mol. The van der Waals surface area contributed by atoms with Gasteiger partial charge in [0.05, 0.1) is 23.6 Å². The van der Waals surface area contributed by atoms with E-state index in [0.717, 1.165) is 28.1 Å². The van der Waals surface area contributed by atoms with Gasteiger partial charge in [0, 0.05) is 13.5 Å². The summed E-state index contributed by atoms with van der Waals surface area (Å²) in [6.07, 6.45) is 1.13. The van der Waals surface area contributed by atoms with Crippen LogP contribution in [0.4, 0.5) is 0 Å². The molecule has 1 aliphatic carbocycles. The zero-order valence-electron chi connectivity index (χ0n) is 17.0. The Morgan fingerprint density at radius 3 is 2.53 bits per heavy atom. The van der Waals surface area contributed by atoms with Crippen molar-refractivity contribution in [2.24, 2.45) is 0 Å². The van der Waals surface area contributed by atoms with Crippen LogP contribution in [0.2, 0.25) is 0 Å². The molecule has 0 spiro atoms. The molecule has 0 fully saturated rings. The standard InChI is InChI=1S/C24H22N4O2/c1-15-8-10-16(11-9-15)18-12-20-23(21(29)13-18)25-26-24-22(17-6-4-3-5-7-17)19(14-30-2)27-28(20)24/h3-11,18H,12-14H2,1-2H3/t18-/m0/s1. The van der Waals surface area contributed by atoms with Gasteiger partial charge in [-0.25, -0.2) is 4.52 Å². The average Bonchev–Trinajstić information content (AvgIpc) is 3.13. The summed E-state index contributed by atoms with van der Waals surface area (Å²) >= 11 is 0. The molecular weight excluding hydrogens is 376 g/mol. The Kier molecular flexibility index (Phi) is 4.64. The van der Waals surface area contributed by atoms with Crippen LogP contribution in [0.25, 0.3) is 16.8 Å². The summed E-state index contributed by atoms with van der Waals surface area (Å²) in [5.74, 6) is 0.120. The largest absolute Gasteiger partial charge is 0.378 e. The Morgan fingerprint density at radius 1 is 1.03 bits per heavy atom. The fraction of sp³-hybridized carbons (Fsp3) is 0.250. The molecule has 0 amide bonds. The van der Waals surface area contributed by atoms with Crippen molar-refractivity contribution in [3.8, 4) is 11.1 Å². The number of fused-ring (bicyclic) bond motifs is 3. The third kappa shape index (κ3) is 3.09. The van der Waals surface area contributed by atoms with Gasteiger partial charge in [0.1, 0.15) is 0 Å². The molecule has 4 aromatic rings. The third-order valence-corrected chi connectivity index (χ3v) is 5.74. The molecule has 5 rings (SSSR count). The molecule has 0 bridgehead atoms. The lowest BCUT2D eigenvalue weighted by Crippen LogP contribution is -2.24. The lowest BCUT2D eigenvalue weighted by Gasteiger charge is -2.23. The van der Waals surface area contributed by atoms with E-state index in [1.165, 1.54) is 5.56 Å². The second-order valence-corrected chi connectivity index (χ2v) is 7.79. The Labute approximate surface area is 174 Å². The van der Waals surface area contributed by atoms with Crippen molar-refractivity contribution in [3.63, 3.8) is 0 Å². The second kappa shape index (κ2) is 7.46. The van der Waals surface area contributed by atoms with Crippen molar-refractivity contribution in [2.45, 2.75) is 32.3 Å². The Morgan fingerprint density at radius 2 is 1.80 bits per heavy atom. The molecule has 2 heterocycles. The van der Waals surface area contributed by atoms with E-state index in [1.54, 1.807) is 11.6 Å². The van der Waals surface area contributed by atoms with Crippen LogP contribution in [-0.4, -0.2) is 32.7 Å². The van der Waals surface area contributed by atoms with Crippen LogP contribution >= 0.6 is 0 Å². The van der Waals surface area contributed by atoms with Crippen molar-refractivity contribution in [2.75, 3.05) is 7.11 Å². The number of ketones is 1. The van der Waals surface area contributed by atoms with Gasteiger partial charge in [0.25, 0.3) is 0 Å². The van der Waals surface area contributed by atoms with Crippen LogP contribution in [0.15, 0.2) is 54.6 Å². The first-order chi connectivity index (χ1) is 14.7. The van der Waals surface area contributed by atoms with Gasteiger partial charge in [-0.2, -0.15) is 5.10 Å². The summed E-state index contributed by atoms with van der Waals surface area (Å²) in [5, 5.41) is 13.5. The van der Waals surface area contributed by atoms with Gasteiger partial charge in [-0.15, -0.1) is 10.2 Å². The van der Waals surface area contributed by atoms with E-state index in [4.69, 9.17) is 9.84 Å². The number of carbonyl (C=O) groups is 1. The van der Waals surface area contributed by atoms with E-state index < -0.39 is 0 Å². The van der Waals surface area contributed by atoms with Crippen LogP contribution in [0.1, 0.15) is 45.3 Å². The van der Waals surface area contributed by atoms with Gasteiger partial charge in [-0.1, -0.05) is 60.2 Å². The monoisotopic (exact) mass is 398 g/mol. The molecule has 0 saturated carbocycles. The highest BCUT2D eigenvalue weighted by Crippen LogP contribution is 2.34. The van der Waals surface area contributed by atoms with Crippen LogP contribution < -0.4 is 0 Å². The summed E-state index contributed by atoms with van der Waals surface area (Å²) < 4.78 is 7.20. The molecule has 2 aromatic carbocycles. The summed E-state index contributed by atoms with van der Waals surface area (Å²) in [4.78, 5) is 12.9. The van der Waals surface area contributed by atoms with E-state index in [9.17, 15) is 4.79 Å². The fourth-order valence-electron chi connectivity index (χ4n) is 4.23. The first-order valence-electron chi connectivity index (χ1n) is 10.1. The number of benzene rings is 2. The van der Waals surface area contributed by atoms with Crippen molar-refractivity contribution in [1.29, 1.82) is 0 Å². The molecule has 1 atom stereocenters. The first kappa shape index (κ1) is 18.6. The van der Waals surface area contributed by atoms with Gasteiger partial charge in [-0.3, -0.25) is 4.79 Å². The van der Waals surface area contributed by atoms with Crippen molar-refractivity contribution in [1.82, 2.24) is 19.8 Å². The molecule has 0 saturated heterocycles. The smallest absolute Gasteiger partial charge is 0.185 e. The number of hydrogen-bond donors (Lipinski definition) is 0. The maximum Gasteiger partial charge on any atom is 0.185 e.